The third-order valence-corrected chi connectivity index (χ3v) is 6.11. The molecular weight excluding hydrogens is 344 g/mol. The molecule has 24 heavy (non-hydrogen) atoms. The average molecular weight is 373 g/mol. The molecule has 136 valence electrons. The van der Waals surface area contributed by atoms with Crippen molar-refractivity contribution in [3.63, 3.8) is 0 Å². The Kier molecular flexibility index (Phi) is 7.54. The molecule has 1 aliphatic carbocycles. The van der Waals surface area contributed by atoms with E-state index in [4.69, 9.17) is 10.5 Å². The Labute approximate surface area is 155 Å². The Balaban J connectivity index is 0.00000208. The molecule has 0 saturated carbocycles. The fourth-order valence-electron chi connectivity index (χ4n) is 3.59. The van der Waals surface area contributed by atoms with Gasteiger partial charge in [0.25, 0.3) is 5.91 Å². The van der Waals surface area contributed by atoms with Crippen molar-refractivity contribution in [3.05, 3.63) is 21.4 Å². The van der Waals surface area contributed by atoms with E-state index >= 15 is 0 Å². The molecule has 6 heteroatoms. The molecule has 1 aliphatic heterocycles. The molecule has 4 nitrogen and oxygen atoms in total. The van der Waals surface area contributed by atoms with E-state index in [1.54, 1.807) is 11.3 Å². The van der Waals surface area contributed by atoms with Crippen molar-refractivity contribution in [1.29, 1.82) is 0 Å². The number of carbonyl (C=O) groups is 1. The molecule has 0 spiro atoms. The van der Waals surface area contributed by atoms with Crippen LogP contribution in [0, 0.1) is 5.92 Å². The molecule has 1 aromatic heterocycles. The van der Waals surface area contributed by atoms with Gasteiger partial charge in [-0.1, -0.05) is 6.92 Å². The average Bonchev–Trinajstić information content (AvgIpc) is 2.98. The number of nitrogens with zero attached hydrogens (tertiary/aromatic N) is 1. The van der Waals surface area contributed by atoms with Crippen LogP contribution < -0.4 is 5.73 Å². The fraction of sp³-hybridized carbons (Fsp3) is 0.722. The van der Waals surface area contributed by atoms with E-state index in [-0.39, 0.29) is 18.3 Å². The SMILES string of the molecule is CC1CCc2c(C(=O)N3CCC(OCCCN)CC3)csc2C1.Cl. The zero-order chi connectivity index (χ0) is 16.2. The highest BCUT2D eigenvalue weighted by Gasteiger charge is 2.28. The number of piperidine rings is 1. The second-order valence-electron chi connectivity index (χ2n) is 6.90. The van der Waals surface area contributed by atoms with Crippen LogP contribution in [0.15, 0.2) is 5.38 Å². The Morgan fingerprint density at radius 3 is 2.83 bits per heavy atom. The Hall–Kier alpha value is -0.620. The Morgan fingerprint density at radius 2 is 2.12 bits per heavy atom. The van der Waals surface area contributed by atoms with Gasteiger partial charge < -0.3 is 15.4 Å². The van der Waals surface area contributed by atoms with Crippen LogP contribution in [0.1, 0.15) is 53.4 Å². The van der Waals surface area contributed by atoms with E-state index in [0.29, 0.717) is 12.6 Å². The third kappa shape index (κ3) is 4.51. The van der Waals surface area contributed by atoms with Crippen molar-refractivity contribution in [2.75, 3.05) is 26.2 Å². The summed E-state index contributed by atoms with van der Waals surface area (Å²) in [5, 5.41) is 2.09. The van der Waals surface area contributed by atoms with Crippen LogP contribution >= 0.6 is 23.7 Å². The smallest absolute Gasteiger partial charge is 0.254 e. The molecule has 1 saturated heterocycles. The second kappa shape index (κ2) is 9.18. The summed E-state index contributed by atoms with van der Waals surface area (Å²) in [6.45, 7) is 5.35. The van der Waals surface area contributed by atoms with Crippen LogP contribution in [0.4, 0.5) is 0 Å². The summed E-state index contributed by atoms with van der Waals surface area (Å²) < 4.78 is 5.83. The van der Waals surface area contributed by atoms with Gasteiger partial charge in [-0.15, -0.1) is 23.7 Å². The Morgan fingerprint density at radius 1 is 1.38 bits per heavy atom. The number of rotatable bonds is 5. The normalized spacial score (nSPS) is 21.2. The first kappa shape index (κ1) is 19.7. The topological polar surface area (TPSA) is 55.6 Å². The minimum atomic E-state index is 0. The van der Waals surface area contributed by atoms with Crippen molar-refractivity contribution in [1.82, 2.24) is 4.90 Å². The minimum absolute atomic E-state index is 0. The number of nitrogens with two attached hydrogens (primary N) is 1. The van der Waals surface area contributed by atoms with Crippen LogP contribution in [-0.2, 0) is 17.6 Å². The first-order valence-electron chi connectivity index (χ1n) is 8.89. The number of thiophene rings is 1. The van der Waals surface area contributed by atoms with Gasteiger partial charge in [-0.25, -0.2) is 0 Å². The highest BCUT2D eigenvalue weighted by Crippen LogP contribution is 2.33. The molecule has 2 N–H and O–H groups in total. The Bertz CT molecular complexity index is 541. The molecule has 0 bridgehead atoms. The molecule has 0 aromatic carbocycles. The predicted octanol–water partition coefficient (Wildman–Crippen LogP) is 3.26. The van der Waals surface area contributed by atoms with E-state index in [2.05, 4.69) is 12.3 Å². The summed E-state index contributed by atoms with van der Waals surface area (Å²) in [5.41, 5.74) is 7.80. The lowest BCUT2D eigenvalue weighted by Crippen LogP contribution is -2.41. The van der Waals surface area contributed by atoms with E-state index in [0.717, 1.165) is 63.3 Å². The van der Waals surface area contributed by atoms with Gasteiger partial charge in [0, 0.05) is 30.0 Å². The standard InChI is InChI=1S/C18H28N2O2S.ClH/c1-13-3-4-15-16(12-23-17(15)11-13)18(21)20-8-5-14(6-9-20)22-10-2-7-19;/h12-14H,2-11,19H2,1H3;1H. The summed E-state index contributed by atoms with van der Waals surface area (Å²) >= 11 is 1.78. The predicted molar refractivity (Wildman–Crippen MR) is 101 cm³/mol. The lowest BCUT2D eigenvalue weighted by Gasteiger charge is -2.32. The number of hydrogen-bond donors (Lipinski definition) is 1. The van der Waals surface area contributed by atoms with Crippen LogP contribution in [0.2, 0.25) is 0 Å². The molecular formula is C18H29ClN2O2S. The van der Waals surface area contributed by atoms with Gasteiger partial charge in [0.05, 0.1) is 11.7 Å². The maximum Gasteiger partial charge on any atom is 0.254 e. The number of fused-ring (bicyclic) bond motifs is 1. The van der Waals surface area contributed by atoms with Crippen molar-refractivity contribution >= 4 is 29.7 Å². The number of carbonyl (C=O) groups excluding carboxylic acids is 1. The van der Waals surface area contributed by atoms with Crippen LogP contribution in [0.5, 0.6) is 0 Å². The largest absolute Gasteiger partial charge is 0.378 e. The molecule has 2 aliphatic rings. The van der Waals surface area contributed by atoms with E-state index in [1.165, 1.54) is 16.9 Å². The van der Waals surface area contributed by atoms with Crippen molar-refractivity contribution in [2.45, 2.75) is 51.6 Å². The first-order chi connectivity index (χ1) is 11.2. The molecule has 2 heterocycles. The highest BCUT2D eigenvalue weighted by atomic mass is 35.5. The van der Waals surface area contributed by atoms with Crippen LogP contribution in [0.3, 0.4) is 0 Å². The molecule has 1 amide bonds. The van der Waals surface area contributed by atoms with Crippen molar-refractivity contribution in [2.24, 2.45) is 11.7 Å². The van der Waals surface area contributed by atoms with Gasteiger partial charge in [0.15, 0.2) is 0 Å². The maximum absolute atomic E-state index is 12.9. The summed E-state index contributed by atoms with van der Waals surface area (Å²) in [7, 11) is 0. The van der Waals surface area contributed by atoms with Gasteiger partial charge >= 0.3 is 0 Å². The van der Waals surface area contributed by atoms with Crippen molar-refractivity contribution < 1.29 is 9.53 Å². The monoisotopic (exact) mass is 372 g/mol. The molecule has 0 radical (unpaired) electrons. The molecule has 1 aromatic rings. The zero-order valence-electron chi connectivity index (χ0n) is 14.5. The molecule has 1 atom stereocenters. The summed E-state index contributed by atoms with van der Waals surface area (Å²) in [6, 6.07) is 0. The fourth-order valence-corrected chi connectivity index (χ4v) is 4.82. The zero-order valence-corrected chi connectivity index (χ0v) is 16.1. The van der Waals surface area contributed by atoms with Gasteiger partial charge in [0.1, 0.15) is 0 Å². The van der Waals surface area contributed by atoms with Gasteiger partial charge in [-0.3, -0.25) is 4.79 Å². The summed E-state index contributed by atoms with van der Waals surface area (Å²) in [6.07, 6.45) is 6.52. The lowest BCUT2D eigenvalue weighted by molar-refractivity contribution is 0.00842. The van der Waals surface area contributed by atoms with Gasteiger partial charge in [-0.05, 0) is 56.6 Å². The molecule has 1 unspecified atom stereocenters. The third-order valence-electron chi connectivity index (χ3n) is 5.06. The van der Waals surface area contributed by atoms with Gasteiger partial charge in [0.2, 0.25) is 0 Å². The molecule has 3 rings (SSSR count). The second-order valence-corrected chi connectivity index (χ2v) is 7.87. The quantitative estimate of drug-likeness (QED) is 0.807. The highest BCUT2D eigenvalue weighted by molar-refractivity contribution is 7.10. The van der Waals surface area contributed by atoms with Crippen LogP contribution in [0.25, 0.3) is 0 Å². The summed E-state index contributed by atoms with van der Waals surface area (Å²) in [5.74, 6) is 0.989. The van der Waals surface area contributed by atoms with E-state index in [1.807, 2.05) is 4.90 Å². The number of amides is 1. The number of likely N-dealkylation sites (tertiary alicyclic amines) is 1. The van der Waals surface area contributed by atoms with E-state index < -0.39 is 0 Å². The maximum atomic E-state index is 12.9. The number of halogens is 1. The van der Waals surface area contributed by atoms with E-state index in [9.17, 15) is 4.79 Å². The molecule has 1 fully saturated rings. The number of hydrogen-bond acceptors (Lipinski definition) is 4. The van der Waals surface area contributed by atoms with Crippen molar-refractivity contribution in [3.8, 4) is 0 Å². The van der Waals surface area contributed by atoms with Gasteiger partial charge in [-0.2, -0.15) is 0 Å². The van der Waals surface area contributed by atoms with Crippen LogP contribution in [-0.4, -0.2) is 43.2 Å². The minimum Gasteiger partial charge on any atom is -0.378 e. The number of ether oxygens (including phenoxy) is 1. The first-order valence-corrected chi connectivity index (χ1v) is 9.77. The lowest BCUT2D eigenvalue weighted by atomic mass is 9.88. The summed E-state index contributed by atoms with van der Waals surface area (Å²) in [4.78, 5) is 16.3.